The van der Waals surface area contributed by atoms with E-state index in [1.54, 1.807) is 0 Å². The monoisotopic (exact) mass is 322 g/mol. The third-order valence-corrected chi connectivity index (χ3v) is 2.00. The zero-order chi connectivity index (χ0) is 11.7. The third kappa shape index (κ3) is 31.3. The summed E-state index contributed by atoms with van der Waals surface area (Å²) < 4.78 is 79.7. The highest BCUT2D eigenvalue weighted by molar-refractivity contribution is 7.88. The Morgan fingerprint density at radius 1 is 0.600 bits per heavy atom. The van der Waals surface area contributed by atoms with Crippen molar-refractivity contribution in [1.82, 2.24) is 0 Å². The van der Waals surface area contributed by atoms with Crippen molar-refractivity contribution in [3.05, 3.63) is 0 Å². The molecule has 0 rings (SSSR count). The van der Waals surface area contributed by atoms with E-state index < -0.39 is 45.4 Å². The second kappa shape index (κ2) is 12.8. The molecular formula is H2O10S5-4. The molecule has 10 nitrogen and oxygen atoms in total. The van der Waals surface area contributed by atoms with E-state index in [-0.39, 0.29) is 13.5 Å². The van der Waals surface area contributed by atoms with E-state index in [0.29, 0.717) is 0 Å². The lowest BCUT2D eigenvalue weighted by Crippen LogP contribution is -1.97. The first kappa shape index (κ1) is 21.0. The Hall–Kier alpha value is 0.710. The lowest BCUT2D eigenvalue weighted by atomic mass is 15.8. The van der Waals surface area contributed by atoms with Crippen molar-refractivity contribution in [1.29, 1.82) is 0 Å². The molecule has 0 unspecified atom stereocenters. The Kier molecular flexibility index (Phi) is 17.9. The number of rotatable bonds is 4. The fourth-order valence-electron chi connectivity index (χ4n) is 0.0907. The van der Waals surface area contributed by atoms with Crippen molar-refractivity contribution in [3.8, 4) is 0 Å². The molecule has 0 aliphatic heterocycles. The van der Waals surface area contributed by atoms with E-state index in [2.05, 4.69) is 7.26 Å². The van der Waals surface area contributed by atoms with Gasteiger partial charge in [0.05, 0.1) is 45.4 Å². The van der Waals surface area contributed by atoms with Crippen LogP contribution in [0.5, 0.6) is 0 Å². The van der Waals surface area contributed by atoms with Gasteiger partial charge in [0, 0.05) is 0 Å². The molecule has 0 aromatic rings. The summed E-state index contributed by atoms with van der Waals surface area (Å²) in [5, 5.41) is 0. The van der Waals surface area contributed by atoms with Gasteiger partial charge >= 0.3 is 0 Å². The number of hydrogen-bond acceptors (Lipinski definition) is 10. The second-order valence-electron chi connectivity index (χ2n) is 0.953. The Morgan fingerprint density at radius 2 is 0.733 bits per heavy atom. The molecule has 0 saturated heterocycles. The molecule has 0 aliphatic carbocycles. The molecular weight excluding hydrogens is 320 g/mol. The van der Waals surface area contributed by atoms with Crippen molar-refractivity contribution in [3.63, 3.8) is 0 Å². The zero-order valence-electron chi connectivity index (χ0n) is 6.22. The van der Waals surface area contributed by atoms with Crippen molar-refractivity contribution < 1.29 is 42.3 Å². The van der Waals surface area contributed by atoms with E-state index in [1.165, 1.54) is 0 Å². The summed E-state index contributed by atoms with van der Waals surface area (Å²) in [5.74, 6) is 0. The molecule has 15 heavy (non-hydrogen) atoms. The molecule has 0 aliphatic rings. The van der Waals surface area contributed by atoms with Gasteiger partial charge < -0.3 is 18.2 Å². The van der Waals surface area contributed by atoms with E-state index in [9.17, 15) is 35.0 Å². The molecule has 0 aromatic heterocycles. The molecule has 0 atom stereocenters. The van der Waals surface area contributed by atoms with Crippen molar-refractivity contribution in [2.45, 2.75) is 0 Å². The van der Waals surface area contributed by atoms with Crippen LogP contribution in [0.2, 0.25) is 0 Å². The quantitative estimate of drug-likeness (QED) is 0.494. The molecule has 15 heteroatoms. The van der Waals surface area contributed by atoms with Gasteiger partial charge in [-0.05, 0) is 0 Å². The fourth-order valence-corrected chi connectivity index (χ4v) is 0.816. The third-order valence-electron chi connectivity index (χ3n) is 0.222. The molecule has 0 radical (unpaired) electrons. The molecule has 0 bridgehead atoms. The van der Waals surface area contributed by atoms with E-state index in [1.807, 2.05) is 0 Å². The Labute approximate surface area is 101 Å². The lowest BCUT2D eigenvalue weighted by molar-refractivity contribution is 0.404. The van der Waals surface area contributed by atoms with E-state index in [0.717, 1.165) is 0 Å². The van der Waals surface area contributed by atoms with E-state index in [4.69, 9.17) is 0 Å². The van der Waals surface area contributed by atoms with Crippen LogP contribution in [0.15, 0.2) is 0 Å². The van der Waals surface area contributed by atoms with Gasteiger partial charge in [-0.2, -0.15) is 13.5 Å². The maximum Gasteiger partial charge on any atom is 0.0994 e. The van der Waals surface area contributed by atoms with Crippen molar-refractivity contribution in [2.24, 2.45) is 0 Å². The molecule has 0 aromatic carbocycles. The summed E-state index contributed by atoms with van der Waals surface area (Å²) in [4.78, 5) is 0. The summed E-state index contributed by atoms with van der Waals surface area (Å²) in [6, 6.07) is 0. The van der Waals surface area contributed by atoms with Gasteiger partial charge in [0.15, 0.2) is 0 Å². The molecule has 0 saturated carbocycles. The summed E-state index contributed by atoms with van der Waals surface area (Å²) >= 11 is -11.8. The predicted octanol–water partition coefficient (Wildman–Crippen LogP) is -2.70. The van der Waals surface area contributed by atoms with Crippen LogP contribution in [-0.4, -0.2) is 35.0 Å². The summed E-state index contributed by atoms with van der Waals surface area (Å²) in [7, 11) is 0. The van der Waals surface area contributed by atoms with Crippen LogP contribution in [0.4, 0.5) is 0 Å². The molecule has 0 fully saturated rings. The molecule has 0 spiro atoms. The topological polar surface area (TPSA) is 179 Å². The van der Waals surface area contributed by atoms with Crippen molar-refractivity contribution in [2.75, 3.05) is 0 Å². The molecule has 0 N–H and O–H groups in total. The maximum atomic E-state index is 9.19. The highest BCUT2D eigenvalue weighted by Crippen LogP contribution is 1.79. The molecule has 0 heterocycles. The van der Waals surface area contributed by atoms with E-state index >= 15 is 0 Å². The van der Waals surface area contributed by atoms with Gasteiger partial charge in [0.1, 0.15) is 0 Å². The Morgan fingerprint density at radius 3 is 0.733 bits per heavy atom. The van der Waals surface area contributed by atoms with Gasteiger partial charge in [-0.15, -0.1) is 0 Å². The first-order chi connectivity index (χ1) is 6.25. The lowest BCUT2D eigenvalue weighted by Gasteiger charge is -2.04. The smallest absolute Gasteiger partial charge is 0.0994 e. The van der Waals surface area contributed by atoms with Crippen LogP contribution in [0.3, 0.4) is 0 Å². The summed E-state index contributed by atoms with van der Waals surface area (Å²) in [5.41, 5.74) is 0. The maximum absolute atomic E-state index is 9.19. The van der Waals surface area contributed by atoms with Gasteiger partial charge in [0.25, 0.3) is 0 Å². The van der Waals surface area contributed by atoms with Crippen LogP contribution < -0.4 is 0 Å². The molecule has 0 amide bonds. The minimum Gasteiger partial charge on any atom is -0.749 e. The first-order valence-corrected chi connectivity index (χ1v) is 6.00. The van der Waals surface area contributed by atoms with Crippen LogP contribution >= 0.6 is 13.5 Å². The predicted molar refractivity (Wildman–Crippen MR) is 48.2 cm³/mol. The van der Waals surface area contributed by atoms with Crippen LogP contribution in [0.1, 0.15) is 0 Å². The first-order valence-electron chi connectivity index (χ1n) is 2.00. The largest absolute Gasteiger partial charge is 0.749 e. The fraction of sp³-hybridized carbons (Fsp3) is 0. The van der Waals surface area contributed by atoms with Crippen LogP contribution in [-0.2, 0) is 52.7 Å². The minimum absolute atomic E-state index is 0. The minimum atomic E-state index is -2.96. The average molecular weight is 322 g/mol. The van der Waals surface area contributed by atoms with Gasteiger partial charge in [0.2, 0.25) is 0 Å². The summed E-state index contributed by atoms with van der Waals surface area (Å²) in [6.45, 7) is 0. The van der Waals surface area contributed by atoms with Gasteiger partial charge in [-0.25, -0.2) is 24.1 Å². The van der Waals surface area contributed by atoms with Crippen molar-refractivity contribution >= 4 is 58.9 Å². The van der Waals surface area contributed by atoms with Crippen LogP contribution in [0.25, 0.3) is 0 Å². The second-order valence-corrected chi connectivity index (χ2v) is 3.67. The zero-order valence-corrected chi connectivity index (χ0v) is 10.5. The van der Waals surface area contributed by atoms with Gasteiger partial charge in [-0.1, -0.05) is 0 Å². The highest BCUT2D eigenvalue weighted by atomic mass is 32.3. The SMILES string of the molecule is O=S([O-])OS(=O)[O-].O=S([O-])OS(=O)[O-].S. The van der Waals surface area contributed by atoms with Crippen LogP contribution in [0, 0.1) is 0 Å². The standard InChI is InChI=1S/2H2O5S2.H2S/c2*1-6(2)5-7(3)4;/h2*(H,1,2)(H,3,4);1H2/p-4. The molecule has 96 valence electrons. The Bertz CT molecular complexity index is 192. The van der Waals surface area contributed by atoms with Gasteiger partial charge in [-0.3, -0.25) is 0 Å². The summed E-state index contributed by atoms with van der Waals surface area (Å²) in [6.07, 6.45) is 0. The Balaban J connectivity index is -0.000000180. The highest BCUT2D eigenvalue weighted by Gasteiger charge is 1.77. The number of hydrogen-bond donors (Lipinski definition) is 0. The normalized spacial score (nSPS) is 17.3. The average Bonchev–Trinajstić information content (AvgIpc) is 1.79.